The van der Waals surface area contributed by atoms with Gasteiger partial charge in [0, 0.05) is 31.0 Å². The Labute approximate surface area is 125 Å². The number of amides is 1. The fourth-order valence-corrected chi connectivity index (χ4v) is 2.62. The number of hydrogen-bond acceptors (Lipinski definition) is 4. The second kappa shape index (κ2) is 7.77. The van der Waals surface area contributed by atoms with Crippen LogP contribution >= 0.6 is 0 Å². The molecule has 21 heavy (non-hydrogen) atoms. The Morgan fingerprint density at radius 3 is 3.05 bits per heavy atom. The van der Waals surface area contributed by atoms with E-state index in [2.05, 4.69) is 16.8 Å². The number of nitrogens with two attached hydrogens (primary N) is 1. The Bertz CT molecular complexity index is 531. The maximum Gasteiger partial charge on any atom is 0.272 e. The van der Waals surface area contributed by atoms with Gasteiger partial charge in [-0.25, -0.2) is 4.98 Å². The van der Waals surface area contributed by atoms with Crippen molar-refractivity contribution in [3.8, 4) is 11.8 Å². The minimum atomic E-state index is -0.0335. The third kappa shape index (κ3) is 4.03. The molecule has 2 rings (SSSR count). The molecule has 1 aliphatic rings. The SMILES string of the molecule is NCC#Cc1ccc(C(=O)N2CCCC2CCCO)nc1. The van der Waals surface area contributed by atoms with E-state index in [4.69, 9.17) is 10.8 Å². The number of pyridine rings is 1. The lowest BCUT2D eigenvalue weighted by molar-refractivity contribution is 0.0718. The number of carbonyl (C=O) groups is 1. The standard InChI is InChI=1S/C16H21N3O2/c17-9-1-4-13-7-8-15(18-12-13)16(21)19-10-2-5-14(19)6-3-11-20/h7-8,12,14,20H,2-3,5-6,9-11,17H2. The van der Waals surface area contributed by atoms with Gasteiger partial charge in [0.1, 0.15) is 5.69 Å². The number of aliphatic hydroxyl groups excluding tert-OH is 1. The van der Waals surface area contributed by atoms with E-state index in [-0.39, 0.29) is 18.6 Å². The normalized spacial score (nSPS) is 17.4. The molecule has 5 nitrogen and oxygen atoms in total. The largest absolute Gasteiger partial charge is 0.396 e. The van der Waals surface area contributed by atoms with Crippen LogP contribution in [0.25, 0.3) is 0 Å². The van der Waals surface area contributed by atoms with E-state index in [1.807, 2.05) is 4.90 Å². The zero-order valence-electron chi connectivity index (χ0n) is 12.1. The van der Waals surface area contributed by atoms with Crippen molar-refractivity contribution in [2.24, 2.45) is 5.73 Å². The van der Waals surface area contributed by atoms with Crippen LogP contribution in [0.1, 0.15) is 41.7 Å². The van der Waals surface area contributed by atoms with E-state index in [0.717, 1.165) is 37.8 Å². The molecule has 1 unspecified atom stereocenters. The fraction of sp³-hybridized carbons (Fsp3) is 0.500. The molecule has 0 radical (unpaired) electrons. The van der Waals surface area contributed by atoms with Gasteiger partial charge in [-0.1, -0.05) is 11.8 Å². The summed E-state index contributed by atoms with van der Waals surface area (Å²) in [6.07, 6.45) is 5.21. The number of rotatable bonds is 4. The maximum atomic E-state index is 12.5. The third-order valence-electron chi connectivity index (χ3n) is 3.65. The van der Waals surface area contributed by atoms with Crippen LogP contribution in [-0.4, -0.2) is 46.6 Å². The van der Waals surface area contributed by atoms with Crippen LogP contribution in [0.3, 0.4) is 0 Å². The van der Waals surface area contributed by atoms with Crippen LogP contribution in [0.2, 0.25) is 0 Å². The molecular weight excluding hydrogens is 266 g/mol. The Hall–Kier alpha value is -1.90. The molecule has 1 aromatic heterocycles. The zero-order chi connectivity index (χ0) is 15.1. The molecule has 1 aliphatic heterocycles. The summed E-state index contributed by atoms with van der Waals surface area (Å²) in [7, 11) is 0. The number of likely N-dealkylation sites (tertiary alicyclic amines) is 1. The quantitative estimate of drug-likeness (QED) is 0.802. The Morgan fingerprint density at radius 1 is 1.52 bits per heavy atom. The first-order chi connectivity index (χ1) is 10.3. The van der Waals surface area contributed by atoms with Crippen molar-refractivity contribution in [1.82, 2.24) is 9.88 Å². The highest BCUT2D eigenvalue weighted by molar-refractivity contribution is 5.92. The van der Waals surface area contributed by atoms with Crippen molar-refractivity contribution in [3.05, 3.63) is 29.6 Å². The van der Waals surface area contributed by atoms with E-state index in [1.54, 1.807) is 18.3 Å². The minimum absolute atomic E-state index is 0.0335. The molecule has 3 N–H and O–H groups in total. The van der Waals surface area contributed by atoms with Gasteiger partial charge in [-0.3, -0.25) is 4.79 Å². The monoisotopic (exact) mass is 287 g/mol. The summed E-state index contributed by atoms with van der Waals surface area (Å²) >= 11 is 0. The molecule has 1 amide bonds. The molecule has 0 aromatic carbocycles. The van der Waals surface area contributed by atoms with Crippen molar-refractivity contribution < 1.29 is 9.90 Å². The summed E-state index contributed by atoms with van der Waals surface area (Å²) in [6.45, 7) is 1.25. The molecule has 1 aromatic rings. The average molecular weight is 287 g/mol. The predicted molar refractivity (Wildman–Crippen MR) is 80.5 cm³/mol. The highest BCUT2D eigenvalue weighted by Crippen LogP contribution is 2.23. The summed E-state index contributed by atoms with van der Waals surface area (Å²) in [4.78, 5) is 18.6. The Kier molecular flexibility index (Phi) is 5.73. The lowest BCUT2D eigenvalue weighted by Gasteiger charge is -2.24. The number of aromatic nitrogens is 1. The summed E-state index contributed by atoms with van der Waals surface area (Å²) in [5.74, 6) is 5.61. The number of carbonyl (C=O) groups excluding carboxylic acids is 1. The van der Waals surface area contributed by atoms with Gasteiger partial charge in [0.15, 0.2) is 0 Å². The highest BCUT2D eigenvalue weighted by Gasteiger charge is 2.29. The summed E-state index contributed by atoms with van der Waals surface area (Å²) in [5, 5.41) is 8.93. The maximum absolute atomic E-state index is 12.5. The van der Waals surface area contributed by atoms with Crippen LogP contribution in [0, 0.1) is 11.8 Å². The number of hydrogen-bond donors (Lipinski definition) is 2. The molecule has 2 heterocycles. The van der Waals surface area contributed by atoms with Crippen molar-refractivity contribution in [3.63, 3.8) is 0 Å². The second-order valence-electron chi connectivity index (χ2n) is 5.10. The van der Waals surface area contributed by atoms with Gasteiger partial charge in [-0.15, -0.1) is 0 Å². The predicted octanol–water partition coefficient (Wildman–Crippen LogP) is 0.769. The van der Waals surface area contributed by atoms with Gasteiger partial charge in [-0.05, 0) is 37.8 Å². The molecular formula is C16H21N3O2. The molecule has 0 aliphatic carbocycles. The molecule has 0 saturated carbocycles. The summed E-state index contributed by atoms with van der Waals surface area (Å²) < 4.78 is 0. The van der Waals surface area contributed by atoms with E-state index < -0.39 is 0 Å². The topological polar surface area (TPSA) is 79.5 Å². The Balaban J connectivity index is 2.05. The Morgan fingerprint density at radius 2 is 2.38 bits per heavy atom. The van der Waals surface area contributed by atoms with Crippen LogP contribution in [0.5, 0.6) is 0 Å². The van der Waals surface area contributed by atoms with E-state index >= 15 is 0 Å². The van der Waals surface area contributed by atoms with Gasteiger partial charge in [0.05, 0.1) is 6.54 Å². The zero-order valence-corrected chi connectivity index (χ0v) is 12.1. The molecule has 1 fully saturated rings. The van der Waals surface area contributed by atoms with E-state index in [0.29, 0.717) is 12.2 Å². The van der Waals surface area contributed by atoms with E-state index in [9.17, 15) is 4.79 Å². The molecule has 1 saturated heterocycles. The highest BCUT2D eigenvalue weighted by atomic mass is 16.3. The minimum Gasteiger partial charge on any atom is -0.396 e. The number of aliphatic hydroxyl groups is 1. The average Bonchev–Trinajstić information content (AvgIpc) is 2.99. The van der Waals surface area contributed by atoms with Gasteiger partial charge >= 0.3 is 0 Å². The van der Waals surface area contributed by atoms with Crippen LogP contribution < -0.4 is 5.73 Å². The lowest BCUT2D eigenvalue weighted by Crippen LogP contribution is -2.36. The summed E-state index contributed by atoms with van der Waals surface area (Å²) in [5.41, 5.74) is 6.53. The molecule has 112 valence electrons. The van der Waals surface area contributed by atoms with Crippen molar-refractivity contribution in [1.29, 1.82) is 0 Å². The second-order valence-corrected chi connectivity index (χ2v) is 5.10. The molecule has 0 spiro atoms. The number of nitrogens with zero attached hydrogens (tertiary/aromatic N) is 2. The van der Waals surface area contributed by atoms with Crippen molar-refractivity contribution in [2.45, 2.75) is 31.7 Å². The third-order valence-corrected chi connectivity index (χ3v) is 3.65. The first-order valence-electron chi connectivity index (χ1n) is 7.33. The van der Waals surface area contributed by atoms with Gasteiger partial charge in [-0.2, -0.15) is 0 Å². The fourth-order valence-electron chi connectivity index (χ4n) is 2.62. The molecule has 5 heteroatoms. The molecule has 0 bridgehead atoms. The van der Waals surface area contributed by atoms with Crippen LogP contribution in [-0.2, 0) is 0 Å². The summed E-state index contributed by atoms with van der Waals surface area (Å²) in [6, 6.07) is 3.73. The van der Waals surface area contributed by atoms with Crippen molar-refractivity contribution >= 4 is 5.91 Å². The van der Waals surface area contributed by atoms with Crippen LogP contribution in [0.15, 0.2) is 18.3 Å². The molecule has 1 atom stereocenters. The van der Waals surface area contributed by atoms with Gasteiger partial charge < -0.3 is 15.7 Å². The van der Waals surface area contributed by atoms with Crippen molar-refractivity contribution in [2.75, 3.05) is 19.7 Å². The lowest BCUT2D eigenvalue weighted by atomic mass is 10.1. The van der Waals surface area contributed by atoms with Gasteiger partial charge in [0.25, 0.3) is 5.91 Å². The smallest absolute Gasteiger partial charge is 0.272 e. The van der Waals surface area contributed by atoms with Crippen LogP contribution in [0.4, 0.5) is 0 Å². The first-order valence-corrected chi connectivity index (χ1v) is 7.33. The first kappa shape index (κ1) is 15.5. The van der Waals surface area contributed by atoms with E-state index in [1.165, 1.54) is 0 Å². The van der Waals surface area contributed by atoms with Gasteiger partial charge in [0.2, 0.25) is 0 Å².